The summed E-state index contributed by atoms with van der Waals surface area (Å²) < 4.78 is 19.1. The fourth-order valence-electron chi connectivity index (χ4n) is 2.24. The third-order valence-electron chi connectivity index (χ3n) is 3.82. The van der Waals surface area contributed by atoms with Crippen molar-refractivity contribution >= 4 is 12.0 Å². The highest BCUT2D eigenvalue weighted by Gasteiger charge is 2.24. The zero-order valence-electron chi connectivity index (χ0n) is 13.5. The molecule has 0 aliphatic heterocycles. The summed E-state index contributed by atoms with van der Waals surface area (Å²) in [6.07, 6.45) is 3.48. The van der Waals surface area contributed by atoms with Crippen LogP contribution in [0, 0.1) is 17.1 Å². The van der Waals surface area contributed by atoms with E-state index in [1.165, 1.54) is 6.07 Å². The molecule has 1 fully saturated rings. The molecule has 0 spiro atoms. The van der Waals surface area contributed by atoms with Gasteiger partial charge in [-0.2, -0.15) is 5.26 Å². The van der Waals surface area contributed by atoms with Crippen LogP contribution in [0.4, 0.5) is 4.39 Å². The number of amides is 1. The molecule has 1 N–H and O–H groups in total. The molecule has 126 valence electrons. The smallest absolute Gasteiger partial charge is 0.262 e. The number of nitrogens with one attached hydrogen (secondary N) is 1. The minimum absolute atomic E-state index is 0.0759. The van der Waals surface area contributed by atoms with Crippen LogP contribution in [0.25, 0.3) is 6.08 Å². The van der Waals surface area contributed by atoms with Crippen LogP contribution in [0.5, 0.6) is 5.75 Å². The molecule has 1 amide bonds. The zero-order chi connectivity index (χ0) is 17.6. The van der Waals surface area contributed by atoms with Gasteiger partial charge in [0.05, 0.1) is 0 Å². The number of carbonyl (C=O) groups excluding carboxylic acids is 1. The summed E-state index contributed by atoms with van der Waals surface area (Å²) >= 11 is 0. The van der Waals surface area contributed by atoms with E-state index in [4.69, 9.17) is 10.00 Å². The third kappa shape index (κ3) is 4.67. The monoisotopic (exact) mass is 336 g/mol. The maximum atomic E-state index is 13.6. The minimum atomic E-state index is -0.343. The first-order chi connectivity index (χ1) is 12.2. The van der Waals surface area contributed by atoms with Crippen molar-refractivity contribution in [2.75, 3.05) is 0 Å². The Labute approximate surface area is 145 Å². The third-order valence-corrected chi connectivity index (χ3v) is 3.82. The van der Waals surface area contributed by atoms with Crippen LogP contribution in [-0.4, -0.2) is 11.9 Å². The van der Waals surface area contributed by atoms with Crippen LogP contribution >= 0.6 is 0 Å². The highest BCUT2D eigenvalue weighted by atomic mass is 19.1. The van der Waals surface area contributed by atoms with Gasteiger partial charge in [0.15, 0.2) is 0 Å². The Balaban J connectivity index is 1.63. The molecule has 4 nitrogen and oxygen atoms in total. The topological polar surface area (TPSA) is 62.1 Å². The van der Waals surface area contributed by atoms with E-state index >= 15 is 0 Å². The quantitative estimate of drug-likeness (QED) is 0.648. The Hall–Kier alpha value is -3.13. The van der Waals surface area contributed by atoms with Gasteiger partial charge in [0, 0.05) is 11.6 Å². The summed E-state index contributed by atoms with van der Waals surface area (Å²) in [6, 6.07) is 15.5. The number of benzene rings is 2. The molecule has 0 bridgehead atoms. The molecule has 5 heteroatoms. The second-order valence-corrected chi connectivity index (χ2v) is 5.87. The summed E-state index contributed by atoms with van der Waals surface area (Å²) in [4.78, 5) is 11.9. The number of rotatable bonds is 6. The van der Waals surface area contributed by atoms with Crippen molar-refractivity contribution in [3.05, 3.63) is 71.0 Å². The van der Waals surface area contributed by atoms with Crippen molar-refractivity contribution in [2.24, 2.45) is 0 Å². The highest BCUT2D eigenvalue weighted by Crippen LogP contribution is 2.20. The fraction of sp³-hybridized carbons (Fsp3) is 0.200. The van der Waals surface area contributed by atoms with Crippen molar-refractivity contribution in [2.45, 2.75) is 25.5 Å². The van der Waals surface area contributed by atoms with Gasteiger partial charge in [-0.25, -0.2) is 4.39 Å². The normalized spacial score (nSPS) is 13.8. The van der Waals surface area contributed by atoms with Crippen molar-refractivity contribution in [3.63, 3.8) is 0 Å². The van der Waals surface area contributed by atoms with Crippen LogP contribution in [0.3, 0.4) is 0 Å². The number of hydrogen-bond acceptors (Lipinski definition) is 3. The maximum absolute atomic E-state index is 13.6. The van der Waals surface area contributed by atoms with E-state index in [0.717, 1.165) is 18.4 Å². The molecule has 3 rings (SSSR count). The predicted octanol–water partition coefficient (Wildman–Crippen LogP) is 3.59. The average molecular weight is 336 g/mol. The van der Waals surface area contributed by atoms with E-state index in [1.54, 1.807) is 48.5 Å². The predicted molar refractivity (Wildman–Crippen MR) is 91.9 cm³/mol. The molecule has 1 aliphatic carbocycles. The molecular weight excluding hydrogens is 319 g/mol. The number of halogens is 1. The van der Waals surface area contributed by atoms with Crippen LogP contribution in [0.15, 0.2) is 54.1 Å². The second kappa shape index (κ2) is 7.63. The molecule has 0 heterocycles. The lowest BCUT2D eigenvalue weighted by Gasteiger charge is -2.07. The Morgan fingerprint density at radius 1 is 1.24 bits per heavy atom. The first kappa shape index (κ1) is 16.7. The maximum Gasteiger partial charge on any atom is 0.262 e. The molecule has 1 aliphatic rings. The summed E-state index contributed by atoms with van der Waals surface area (Å²) in [5, 5.41) is 11.9. The lowest BCUT2D eigenvalue weighted by Crippen LogP contribution is -2.26. The molecule has 1 saturated carbocycles. The first-order valence-electron chi connectivity index (χ1n) is 8.04. The van der Waals surface area contributed by atoms with Gasteiger partial charge in [-0.05, 0) is 42.7 Å². The van der Waals surface area contributed by atoms with Gasteiger partial charge >= 0.3 is 0 Å². The Kier molecular flexibility index (Phi) is 5.10. The molecule has 0 unspecified atom stereocenters. The van der Waals surface area contributed by atoms with E-state index in [1.807, 2.05) is 6.07 Å². The fourth-order valence-corrected chi connectivity index (χ4v) is 2.24. The van der Waals surface area contributed by atoms with E-state index in [9.17, 15) is 9.18 Å². The summed E-state index contributed by atoms with van der Waals surface area (Å²) in [6.45, 7) is 0.134. The van der Waals surface area contributed by atoms with Gasteiger partial charge < -0.3 is 10.1 Å². The molecule has 0 aromatic heterocycles. The van der Waals surface area contributed by atoms with Crippen LogP contribution in [0.2, 0.25) is 0 Å². The van der Waals surface area contributed by atoms with Crippen molar-refractivity contribution in [1.29, 1.82) is 5.26 Å². The lowest BCUT2D eigenvalue weighted by atomic mass is 10.1. The molecular formula is C20H17FN2O2. The SMILES string of the molecule is N#C/C(=C\c1ccc(OCc2ccccc2F)cc1)C(=O)NC1CC1. The lowest BCUT2D eigenvalue weighted by molar-refractivity contribution is -0.117. The molecule has 0 saturated heterocycles. The van der Waals surface area contributed by atoms with Crippen LogP contribution < -0.4 is 10.1 Å². The number of ether oxygens (including phenoxy) is 1. The van der Waals surface area contributed by atoms with Gasteiger partial charge in [0.1, 0.15) is 29.8 Å². The summed E-state index contributed by atoms with van der Waals surface area (Å²) in [5.74, 6) is -0.0615. The average Bonchev–Trinajstić information content (AvgIpc) is 3.44. The number of hydrogen-bond donors (Lipinski definition) is 1. The number of nitriles is 1. The summed E-state index contributed by atoms with van der Waals surface area (Å²) in [5.41, 5.74) is 1.28. The molecule has 2 aromatic rings. The van der Waals surface area contributed by atoms with Gasteiger partial charge in [0.25, 0.3) is 5.91 Å². The van der Waals surface area contributed by atoms with E-state index in [2.05, 4.69) is 5.32 Å². The van der Waals surface area contributed by atoms with Crippen molar-refractivity contribution < 1.29 is 13.9 Å². The minimum Gasteiger partial charge on any atom is -0.489 e. The second-order valence-electron chi connectivity index (χ2n) is 5.87. The molecule has 0 atom stereocenters. The standard InChI is InChI=1S/C20H17FN2O2/c21-19-4-2-1-3-15(19)13-25-18-9-5-14(6-10-18)11-16(12-22)20(24)23-17-7-8-17/h1-6,9-11,17H,7-8,13H2,(H,23,24)/b16-11+. The Morgan fingerprint density at radius 3 is 2.60 bits per heavy atom. The van der Waals surface area contributed by atoms with Crippen molar-refractivity contribution in [3.8, 4) is 11.8 Å². The molecule has 0 radical (unpaired) electrons. The van der Waals surface area contributed by atoms with Gasteiger partial charge in [-0.15, -0.1) is 0 Å². The largest absolute Gasteiger partial charge is 0.489 e. The summed E-state index contributed by atoms with van der Waals surface area (Å²) in [7, 11) is 0. The first-order valence-corrected chi connectivity index (χ1v) is 8.04. The van der Waals surface area contributed by atoms with Crippen molar-refractivity contribution in [1.82, 2.24) is 5.32 Å². The number of carbonyl (C=O) groups is 1. The van der Waals surface area contributed by atoms with Gasteiger partial charge in [0.2, 0.25) is 0 Å². The Morgan fingerprint density at radius 2 is 1.96 bits per heavy atom. The van der Waals surface area contributed by atoms with E-state index < -0.39 is 0 Å². The highest BCUT2D eigenvalue weighted by molar-refractivity contribution is 6.01. The van der Waals surface area contributed by atoms with Crippen LogP contribution in [-0.2, 0) is 11.4 Å². The van der Waals surface area contributed by atoms with E-state index in [0.29, 0.717) is 11.3 Å². The van der Waals surface area contributed by atoms with Gasteiger partial charge in [-0.1, -0.05) is 30.3 Å². The van der Waals surface area contributed by atoms with E-state index in [-0.39, 0.29) is 29.9 Å². The van der Waals surface area contributed by atoms with Gasteiger partial charge in [-0.3, -0.25) is 4.79 Å². The molecule has 2 aromatic carbocycles. The molecule has 25 heavy (non-hydrogen) atoms. The van der Waals surface area contributed by atoms with Crippen LogP contribution in [0.1, 0.15) is 24.0 Å². The number of nitrogens with zero attached hydrogens (tertiary/aromatic N) is 1. The zero-order valence-corrected chi connectivity index (χ0v) is 13.5. The Bertz CT molecular complexity index is 834.